The van der Waals surface area contributed by atoms with Crippen molar-refractivity contribution < 1.29 is 29.7 Å². The third-order valence-corrected chi connectivity index (χ3v) is 1.79. The first-order valence-electron chi connectivity index (χ1n) is 4.52. The molecule has 0 aliphatic rings. The zero-order valence-corrected chi connectivity index (χ0v) is 8.71. The van der Waals surface area contributed by atoms with Gasteiger partial charge in [-0.25, -0.2) is 4.79 Å². The van der Waals surface area contributed by atoms with Gasteiger partial charge in [0.05, 0.1) is 13.1 Å². The predicted molar refractivity (Wildman–Crippen MR) is 51.9 cm³/mol. The lowest BCUT2D eigenvalue weighted by molar-refractivity contribution is -0.147. The van der Waals surface area contributed by atoms with Crippen LogP contribution in [0.2, 0.25) is 0 Å². The summed E-state index contributed by atoms with van der Waals surface area (Å²) in [5.41, 5.74) is 0. The van der Waals surface area contributed by atoms with Crippen molar-refractivity contribution in [2.75, 3.05) is 19.6 Å². The highest BCUT2D eigenvalue weighted by Crippen LogP contribution is 1.96. The molecular formula is C8H14N2O6. The van der Waals surface area contributed by atoms with Gasteiger partial charge in [0.15, 0.2) is 6.17 Å². The van der Waals surface area contributed by atoms with E-state index in [9.17, 15) is 14.4 Å². The molecule has 0 amide bonds. The highest BCUT2D eigenvalue weighted by molar-refractivity contribution is 5.76. The molecule has 1 atom stereocenters. The Morgan fingerprint density at radius 2 is 1.75 bits per heavy atom. The van der Waals surface area contributed by atoms with E-state index < -0.39 is 37.2 Å². The van der Waals surface area contributed by atoms with Crippen LogP contribution >= 0.6 is 0 Å². The molecule has 0 aromatic rings. The van der Waals surface area contributed by atoms with Crippen LogP contribution in [0.1, 0.15) is 6.92 Å². The third kappa shape index (κ3) is 5.27. The fourth-order valence-electron chi connectivity index (χ4n) is 1.12. The summed E-state index contributed by atoms with van der Waals surface area (Å²) >= 11 is 0. The van der Waals surface area contributed by atoms with E-state index in [1.165, 1.54) is 0 Å². The molecule has 16 heavy (non-hydrogen) atoms. The molecule has 0 aliphatic heterocycles. The fraction of sp³-hybridized carbons (Fsp3) is 0.625. The van der Waals surface area contributed by atoms with Crippen molar-refractivity contribution in [1.82, 2.24) is 10.2 Å². The average molecular weight is 234 g/mol. The van der Waals surface area contributed by atoms with Crippen LogP contribution in [-0.4, -0.2) is 63.9 Å². The maximum absolute atomic E-state index is 10.8. The van der Waals surface area contributed by atoms with Gasteiger partial charge < -0.3 is 15.3 Å². The van der Waals surface area contributed by atoms with E-state index in [0.29, 0.717) is 0 Å². The number of likely N-dealkylation sites (N-methyl/N-ethyl adjacent to an activating group) is 1. The first kappa shape index (κ1) is 14.3. The van der Waals surface area contributed by atoms with E-state index >= 15 is 0 Å². The lowest BCUT2D eigenvalue weighted by atomic mass is 10.3. The van der Waals surface area contributed by atoms with Gasteiger partial charge in [-0.2, -0.15) is 0 Å². The van der Waals surface area contributed by atoms with Gasteiger partial charge in [0, 0.05) is 0 Å². The van der Waals surface area contributed by atoms with E-state index in [1.807, 2.05) is 0 Å². The lowest BCUT2D eigenvalue weighted by Crippen LogP contribution is -2.53. The van der Waals surface area contributed by atoms with Crippen LogP contribution in [0.25, 0.3) is 0 Å². The largest absolute Gasteiger partial charge is 0.480 e. The van der Waals surface area contributed by atoms with Crippen molar-refractivity contribution in [1.29, 1.82) is 0 Å². The van der Waals surface area contributed by atoms with E-state index in [2.05, 4.69) is 5.32 Å². The molecule has 0 spiro atoms. The average Bonchev–Trinajstić information content (AvgIpc) is 2.14. The summed E-state index contributed by atoms with van der Waals surface area (Å²) in [6.45, 7) is 0.740. The van der Waals surface area contributed by atoms with Crippen molar-refractivity contribution in [3.8, 4) is 0 Å². The van der Waals surface area contributed by atoms with Crippen LogP contribution < -0.4 is 5.32 Å². The Kier molecular flexibility index (Phi) is 6.04. The first-order chi connectivity index (χ1) is 7.38. The molecule has 4 N–H and O–H groups in total. The minimum Gasteiger partial charge on any atom is -0.480 e. The number of aliphatic carboxylic acids is 3. The number of nitrogens with one attached hydrogen (secondary N) is 1. The third-order valence-electron chi connectivity index (χ3n) is 1.79. The molecule has 0 aromatic carbocycles. The van der Waals surface area contributed by atoms with Crippen LogP contribution in [0.15, 0.2) is 0 Å². The second-order valence-corrected chi connectivity index (χ2v) is 2.97. The van der Waals surface area contributed by atoms with Crippen molar-refractivity contribution in [2.24, 2.45) is 0 Å². The Balaban J connectivity index is 4.52. The second kappa shape index (κ2) is 6.75. The molecule has 0 radical (unpaired) electrons. The SMILES string of the molecule is CCN(CC(=O)O)C(NCC(=O)O)C(=O)O. The van der Waals surface area contributed by atoms with Crippen LogP contribution in [0, 0.1) is 0 Å². The molecule has 8 heteroatoms. The van der Waals surface area contributed by atoms with Gasteiger partial charge in [-0.1, -0.05) is 6.92 Å². The van der Waals surface area contributed by atoms with Crippen LogP contribution in [0.3, 0.4) is 0 Å². The minimum absolute atomic E-state index is 0.176. The molecule has 0 bridgehead atoms. The molecule has 0 heterocycles. The first-order valence-corrected chi connectivity index (χ1v) is 4.52. The van der Waals surface area contributed by atoms with Crippen molar-refractivity contribution in [2.45, 2.75) is 13.1 Å². The van der Waals surface area contributed by atoms with Crippen LogP contribution in [-0.2, 0) is 14.4 Å². The monoisotopic (exact) mass is 234 g/mol. The molecule has 8 nitrogen and oxygen atoms in total. The quantitative estimate of drug-likeness (QED) is 0.373. The number of hydrogen-bond acceptors (Lipinski definition) is 5. The number of carboxylic acids is 3. The molecule has 92 valence electrons. The summed E-state index contributed by atoms with van der Waals surface area (Å²) < 4.78 is 0. The Bertz CT molecular complexity index is 280. The van der Waals surface area contributed by atoms with Crippen molar-refractivity contribution in [3.05, 3.63) is 0 Å². The Labute approximate surface area is 91.5 Å². The topological polar surface area (TPSA) is 127 Å². The van der Waals surface area contributed by atoms with Gasteiger partial charge in [-0.15, -0.1) is 0 Å². The number of rotatable bonds is 8. The zero-order chi connectivity index (χ0) is 12.7. The Morgan fingerprint density at radius 1 is 1.19 bits per heavy atom. The summed E-state index contributed by atoms with van der Waals surface area (Å²) in [7, 11) is 0. The van der Waals surface area contributed by atoms with Crippen LogP contribution in [0.5, 0.6) is 0 Å². The highest BCUT2D eigenvalue weighted by Gasteiger charge is 2.26. The summed E-state index contributed by atoms with van der Waals surface area (Å²) in [5.74, 6) is -3.70. The molecule has 0 aliphatic carbocycles. The van der Waals surface area contributed by atoms with E-state index in [4.69, 9.17) is 15.3 Å². The van der Waals surface area contributed by atoms with Gasteiger partial charge in [0.2, 0.25) is 0 Å². The standard InChI is InChI=1S/C8H14N2O6/c1-2-10(4-6(13)14)7(8(15)16)9-3-5(11)12/h7,9H,2-4H2,1H3,(H,11,12)(H,13,14)(H,15,16). The van der Waals surface area contributed by atoms with Crippen molar-refractivity contribution >= 4 is 17.9 Å². The lowest BCUT2D eigenvalue weighted by Gasteiger charge is -2.25. The maximum atomic E-state index is 10.8. The van der Waals surface area contributed by atoms with E-state index in [0.717, 1.165) is 4.90 Å². The molecule has 0 fully saturated rings. The number of carboxylic acid groups (broad SMARTS) is 3. The maximum Gasteiger partial charge on any atom is 0.335 e. The van der Waals surface area contributed by atoms with E-state index in [1.54, 1.807) is 6.92 Å². The van der Waals surface area contributed by atoms with Gasteiger partial charge in [0.1, 0.15) is 0 Å². The van der Waals surface area contributed by atoms with Gasteiger partial charge in [-0.05, 0) is 6.54 Å². The molecule has 0 rings (SSSR count). The summed E-state index contributed by atoms with van der Waals surface area (Å²) in [4.78, 5) is 32.6. The van der Waals surface area contributed by atoms with E-state index in [-0.39, 0.29) is 6.54 Å². The predicted octanol–water partition coefficient (Wildman–Crippen LogP) is -1.52. The summed E-state index contributed by atoms with van der Waals surface area (Å²) in [6.07, 6.45) is -1.32. The fourth-order valence-corrected chi connectivity index (χ4v) is 1.12. The van der Waals surface area contributed by atoms with Gasteiger partial charge in [-0.3, -0.25) is 19.8 Å². The molecule has 1 unspecified atom stereocenters. The Hall–Kier alpha value is -1.67. The zero-order valence-electron chi connectivity index (χ0n) is 8.71. The number of hydrogen-bond donors (Lipinski definition) is 4. The smallest absolute Gasteiger partial charge is 0.335 e. The molecule has 0 saturated carbocycles. The Morgan fingerprint density at radius 3 is 2.06 bits per heavy atom. The van der Waals surface area contributed by atoms with Gasteiger partial charge >= 0.3 is 17.9 Å². The van der Waals surface area contributed by atoms with Crippen molar-refractivity contribution in [3.63, 3.8) is 0 Å². The molecule has 0 saturated heterocycles. The summed E-state index contributed by atoms with van der Waals surface area (Å²) in [5, 5.41) is 28.0. The second-order valence-electron chi connectivity index (χ2n) is 2.97. The van der Waals surface area contributed by atoms with Gasteiger partial charge in [0.25, 0.3) is 0 Å². The molecule has 0 aromatic heterocycles. The normalized spacial score (nSPS) is 12.4. The number of nitrogens with zero attached hydrogens (tertiary/aromatic N) is 1. The summed E-state index contributed by atoms with van der Waals surface area (Å²) in [6, 6.07) is 0. The van der Waals surface area contributed by atoms with Crippen LogP contribution in [0.4, 0.5) is 0 Å². The molecular weight excluding hydrogens is 220 g/mol. The minimum atomic E-state index is -1.32. The number of carbonyl (C=O) groups is 3. The highest BCUT2D eigenvalue weighted by atomic mass is 16.4.